The zero-order valence-corrected chi connectivity index (χ0v) is 16.8. The lowest BCUT2D eigenvalue weighted by Gasteiger charge is -2.19. The summed E-state index contributed by atoms with van der Waals surface area (Å²) in [4.78, 5) is 23.5. The average molecular weight is 385 g/mol. The summed E-state index contributed by atoms with van der Waals surface area (Å²) >= 11 is 0. The highest BCUT2D eigenvalue weighted by Gasteiger charge is 2.13. The summed E-state index contributed by atoms with van der Waals surface area (Å²) in [5.41, 5.74) is 1.82. The Balaban J connectivity index is 1.84. The number of hydrogen-bond acceptors (Lipinski definition) is 5. The number of rotatable bonds is 8. The van der Waals surface area contributed by atoms with Gasteiger partial charge in [-0.2, -0.15) is 0 Å². The Morgan fingerprint density at radius 2 is 1.61 bits per heavy atom. The van der Waals surface area contributed by atoms with Crippen molar-refractivity contribution in [2.45, 2.75) is 33.1 Å². The molecule has 0 fully saturated rings. The maximum atomic E-state index is 12.1. The number of hydrogen-bond donors (Lipinski definition) is 1. The van der Waals surface area contributed by atoms with E-state index in [0.717, 1.165) is 0 Å². The van der Waals surface area contributed by atoms with E-state index in [9.17, 15) is 9.59 Å². The van der Waals surface area contributed by atoms with Crippen molar-refractivity contribution in [3.05, 3.63) is 54.1 Å². The minimum absolute atomic E-state index is 0.0657. The quantitative estimate of drug-likeness (QED) is 0.697. The van der Waals surface area contributed by atoms with Crippen molar-refractivity contribution in [2.75, 3.05) is 25.1 Å². The van der Waals surface area contributed by atoms with Crippen LogP contribution in [0.1, 0.15) is 33.3 Å². The first kappa shape index (κ1) is 21.3. The zero-order valence-electron chi connectivity index (χ0n) is 16.8. The van der Waals surface area contributed by atoms with E-state index in [1.165, 1.54) is 5.56 Å². The molecule has 0 atom stereocenters. The molecular formula is C22H27NO5. The third-order valence-corrected chi connectivity index (χ3v) is 3.87. The van der Waals surface area contributed by atoms with Gasteiger partial charge in [0.15, 0.2) is 13.2 Å². The number of ether oxygens (including phenoxy) is 3. The van der Waals surface area contributed by atoms with Crippen LogP contribution in [0.5, 0.6) is 11.5 Å². The maximum Gasteiger partial charge on any atom is 0.344 e. The highest BCUT2D eigenvalue weighted by Crippen LogP contribution is 2.24. The fourth-order valence-electron chi connectivity index (χ4n) is 2.41. The van der Waals surface area contributed by atoms with Crippen molar-refractivity contribution in [3.8, 4) is 11.5 Å². The summed E-state index contributed by atoms with van der Waals surface area (Å²) in [5, 5.41) is 2.74. The monoisotopic (exact) mass is 385 g/mol. The Kier molecular flexibility index (Phi) is 7.44. The molecule has 1 N–H and O–H groups in total. The van der Waals surface area contributed by atoms with Crippen molar-refractivity contribution >= 4 is 17.6 Å². The second-order valence-electron chi connectivity index (χ2n) is 7.23. The molecule has 28 heavy (non-hydrogen) atoms. The number of carbonyl (C=O) groups is 2. The summed E-state index contributed by atoms with van der Waals surface area (Å²) < 4.78 is 15.7. The van der Waals surface area contributed by atoms with Gasteiger partial charge in [0.2, 0.25) is 0 Å². The topological polar surface area (TPSA) is 73.9 Å². The third kappa shape index (κ3) is 6.95. The largest absolute Gasteiger partial charge is 0.484 e. The van der Waals surface area contributed by atoms with Gasteiger partial charge >= 0.3 is 5.97 Å². The second kappa shape index (κ2) is 9.78. The summed E-state index contributed by atoms with van der Waals surface area (Å²) in [6.07, 6.45) is 0. The van der Waals surface area contributed by atoms with Gasteiger partial charge in [0.25, 0.3) is 5.91 Å². The van der Waals surface area contributed by atoms with Crippen molar-refractivity contribution in [1.82, 2.24) is 0 Å². The molecule has 150 valence electrons. The molecule has 6 nitrogen and oxygen atoms in total. The zero-order chi connectivity index (χ0) is 20.6. The number of benzene rings is 2. The van der Waals surface area contributed by atoms with Gasteiger partial charge in [-0.05, 0) is 42.2 Å². The molecule has 2 aromatic rings. The van der Waals surface area contributed by atoms with Crippen LogP contribution in [0.4, 0.5) is 5.69 Å². The van der Waals surface area contributed by atoms with Crippen molar-refractivity contribution < 1.29 is 23.8 Å². The lowest BCUT2D eigenvalue weighted by Crippen LogP contribution is -2.20. The van der Waals surface area contributed by atoms with E-state index in [4.69, 9.17) is 14.2 Å². The molecule has 0 aromatic heterocycles. The molecule has 0 spiro atoms. The van der Waals surface area contributed by atoms with E-state index in [-0.39, 0.29) is 24.5 Å². The highest BCUT2D eigenvalue weighted by atomic mass is 16.6. The molecule has 0 aliphatic carbocycles. The van der Waals surface area contributed by atoms with Crippen LogP contribution in [0, 0.1) is 0 Å². The van der Waals surface area contributed by atoms with E-state index >= 15 is 0 Å². The summed E-state index contributed by atoms with van der Waals surface area (Å²) in [6.45, 7) is 8.16. The van der Waals surface area contributed by atoms with E-state index < -0.39 is 5.97 Å². The maximum absolute atomic E-state index is 12.1. The predicted molar refractivity (Wildman–Crippen MR) is 108 cm³/mol. The van der Waals surface area contributed by atoms with Crippen LogP contribution < -0.4 is 14.8 Å². The van der Waals surface area contributed by atoms with Gasteiger partial charge < -0.3 is 19.5 Å². The SMILES string of the molecule is CCOC(=O)COc1cccc(NC(=O)COc2ccc(C(C)(C)C)cc2)c1. The molecule has 6 heteroatoms. The number of esters is 1. The van der Waals surface area contributed by atoms with E-state index in [1.807, 2.05) is 24.3 Å². The van der Waals surface area contributed by atoms with E-state index in [2.05, 4.69) is 26.1 Å². The average Bonchev–Trinajstić information content (AvgIpc) is 2.65. The van der Waals surface area contributed by atoms with Crippen LogP contribution in [-0.2, 0) is 19.7 Å². The summed E-state index contributed by atoms with van der Waals surface area (Å²) in [6, 6.07) is 14.5. The Morgan fingerprint density at radius 3 is 2.25 bits per heavy atom. The molecule has 0 aliphatic rings. The van der Waals surface area contributed by atoms with E-state index in [1.54, 1.807) is 31.2 Å². The van der Waals surface area contributed by atoms with Gasteiger partial charge in [-0.3, -0.25) is 4.79 Å². The number of amides is 1. The molecule has 2 rings (SSSR count). The Morgan fingerprint density at radius 1 is 0.929 bits per heavy atom. The predicted octanol–water partition coefficient (Wildman–Crippen LogP) is 3.94. The number of nitrogens with one attached hydrogen (secondary N) is 1. The molecular weight excluding hydrogens is 358 g/mol. The van der Waals surface area contributed by atoms with Crippen molar-refractivity contribution in [1.29, 1.82) is 0 Å². The third-order valence-electron chi connectivity index (χ3n) is 3.87. The van der Waals surface area contributed by atoms with Gasteiger partial charge in [-0.25, -0.2) is 4.79 Å². The summed E-state index contributed by atoms with van der Waals surface area (Å²) in [5.74, 6) is 0.365. The minimum Gasteiger partial charge on any atom is -0.484 e. The molecule has 0 saturated carbocycles. The first-order valence-electron chi connectivity index (χ1n) is 9.19. The number of carbonyl (C=O) groups excluding carboxylic acids is 2. The second-order valence-corrected chi connectivity index (χ2v) is 7.23. The molecule has 0 bridgehead atoms. The molecule has 0 saturated heterocycles. The Labute approximate surface area is 165 Å². The molecule has 0 aliphatic heterocycles. The van der Waals surface area contributed by atoms with Crippen LogP contribution in [-0.4, -0.2) is 31.7 Å². The molecule has 2 aromatic carbocycles. The molecule has 0 unspecified atom stereocenters. The molecule has 0 radical (unpaired) electrons. The van der Waals surface area contributed by atoms with Crippen LogP contribution >= 0.6 is 0 Å². The fourth-order valence-corrected chi connectivity index (χ4v) is 2.41. The highest BCUT2D eigenvalue weighted by molar-refractivity contribution is 5.92. The molecule has 1 amide bonds. The Bertz CT molecular complexity index is 793. The lowest BCUT2D eigenvalue weighted by molar-refractivity contribution is -0.145. The lowest BCUT2D eigenvalue weighted by atomic mass is 9.87. The normalized spacial score (nSPS) is 10.9. The van der Waals surface area contributed by atoms with Gasteiger partial charge in [-0.1, -0.05) is 39.0 Å². The van der Waals surface area contributed by atoms with Crippen molar-refractivity contribution in [2.24, 2.45) is 0 Å². The van der Waals surface area contributed by atoms with Gasteiger partial charge in [0.1, 0.15) is 11.5 Å². The first-order chi connectivity index (χ1) is 13.3. The van der Waals surface area contributed by atoms with Crippen LogP contribution in [0.15, 0.2) is 48.5 Å². The smallest absolute Gasteiger partial charge is 0.344 e. The van der Waals surface area contributed by atoms with Crippen molar-refractivity contribution in [3.63, 3.8) is 0 Å². The van der Waals surface area contributed by atoms with E-state index in [0.29, 0.717) is 23.8 Å². The van der Waals surface area contributed by atoms with Gasteiger partial charge in [0, 0.05) is 11.8 Å². The standard InChI is InChI=1S/C22H27NO5/c1-5-26-21(25)15-28-19-8-6-7-17(13-19)23-20(24)14-27-18-11-9-16(10-12-18)22(2,3)4/h6-13H,5,14-15H2,1-4H3,(H,23,24). The van der Waals surface area contributed by atoms with Gasteiger partial charge in [0.05, 0.1) is 6.61 Å². The number of anilines is 1. The first-order valence-corrected chi connectivity index (χ1v) is 9.19. The van der Waals surface area contributed by atoms with Gasteiger partial charge in [-0.15, -0.1) is 0 Å². The van der Waals surface area contributed by atoms with Crippen LogP contribution in [0.2, 0.25) is 0 Å². The Hall–Kier alpha value is -3.02. The minimum atomic E-state index is -0.442. The van der Waals surface area contributed by atoms with Crippen LogP contribution in [0.25, 0.3) is 0 Å². The van der Waals surface area contributed by atoms with Crippen LogP contribution in [0.3, 0.4) is 0 Å². The fraction of sp³-hybridized carbons (Fsp3) is 0.364. The molecule has 0 heterocycles. The summed E-state index contributed by atoms with van der Waals surface area (Å²) in [7, 11) is 0.